The van der Waals surface area contributed by atoms with Crippen molar-refractivity contribution >= 4 is 22.5 Å². The zero-order chi connectivity index (χ0) is 16.8. The fourth-order valence-corrected chi connectivity index (χ4v) is 2.78. The molecule has 3 N–H and O–H groups in total. The molecule has 0 radical (unpaired) electrons. The number of carbonyl (C=O) groups excluding carboxylic acids is 1. The lowest BCUT2D eigenvalue weighted by molar-refractivity contribution is 0.204. The summed E-state index contributed by atoms with van der Waals surface area (Å²) in [5, 5.41) is 15.0. The third-order valence-electron chi connectivity index (χ3n) is 3.54. The molecular formula is C16H20FN3O2S. The predicted molar refractivity (Wildman–Crippen MR) is 89.2 cm³/mol. The number of rotatable bonds is 6. The van der Waals surface area contributed by atoms with E-state index in [4.69, 9.17) is 5.11 Å². The first-order valence-corrected chi connectivity index (χ1v) is 8.17. The van der Waals surface area contributed by atoms with E-state index in [9.17, 15) is 9.18 Å². The van der Waals surface area contributed by atoms with Gasteiger partial charge in [0.1, 0.15) is 5.82 Å². The molecule has 2 unspecified atom stereocenters. The predicted octanol–water partition coefficient (Wildman–Crippen LogP) is 3.01. The molecule has 2 aromatic rings. The van der Waals surface area contributed by atoms with Crippen LogP contribution in [0.15, 0.2) is 30.5 Å². The number of benzene rings is 1. The number of nitrogens with one attached hydrogen (secondary N) is 2. The summed E-state index contributed by atoms with van der Waals surface area (Å²) in [5.74, 6) is -0.294. The quantitative estimate of drug-likeness (QED) is 0.758. The van der Waals surface area contributed by atoms with E-state index in [1.807, 2.05) is 19.9 Å². The number of nitrogens with zero attached hydrogens (tertiary/aromatic N) is 1. The molecule has 0 saturated heterocycles. The summed E-state index contributed by atoms with van der Waals surface area (Å²) < 4.78 is 13.2. The Morgan fingerprint density at radius 2 is 2.22 bits per heavy atom. The Kier molecular flexibility index (Phi) is 6.06. The normalized spacial score (nSPS) is 13.4. The Morgan fingerprint density at radius 1 is 1.43 bits per heavy atom. The maximum atomic E-state index is 13.2. The largest absolute Gasteiger partial charge is 0.396 e. The van der Waals surface area contributed by atoms with Crippen molar-refractivity contribution < 1.29 is 14.3 Å². The van der Waals surface area contributed by atoms with Crippen molar-refractivity contribution in [3.8, 4) is 0 Å². The Hall–Kier alpha value is -1.99. The standard InChI is InChI=1S/C16H20FN3O2S/c1-10(9-21)11(2)19-15(22)20-16-18-8-14(23-16)7-12-4-3-5-13(17)6-12/h3-6,8,10-11,21H,7,9H2,1-2H3,(H2,18,19,20,22). The fourth-order valence-electron chi connectivity index (χ4n) is 1.94. The van der Waals surface area contributed by atoms with Crippen LogP contribution in [-0.2, 0) is 6.42 Å². The minimum absolute atomic E-state index is 0.0104. The van der Waals surface area contributed by atoms with Gasteiger partial charge in [0.05, 0.1) is 0 Å². The lowest BCUT2D eigenvalue weighted by atomic mass is 10.1. The molecule has 124 valence electrons. The number of urea groups is 1. The van der Waals surface area contributed by atoms with Crippen molar-refractivity contribution in [1.82, 2.24) is 10.3 Å². The molecule has 5 nitrogen and oxygen atoms in total. The van der Waals surface area contributed by atoms with Crippen LogP contribution in [0.4, 0.5) is 14.3 Å². The molecule has 0 aliphatic carbocycles. The van der Waals surface area contributed by atoms with E-state index in [0.717, 1.165) is 10.4 Å². The average Bonchev–Trinajstić information content (AvgIpc) is 2.93. The third kappa shape index (κ3) is 5.30. The lowest BCUT2D eigenvalue weighted by Crippen LogP contribution is -2.40. The molecule has 7 heteroatoms. The Balaban J connectivity index is 1.90. The number of aliphatic hydroxyl groups is 1. The number of amides is 2. The van der Waals surface area contributed by atoms with Crippen molar-refractivity contribution in [2.75, 3.05) is 11.9 Å². The Bertz CT molecular complexity index is 662. The fraction of sp³-hybridized carbons (Fsp3) is 0.375. The molecule has 0 fully saturated rings. The molecule has 1 aromatic carbocycles. The molecule has 1 heterocycles. The van der Waals surface area contributed by atoms with Crippen molar-refractivity contribution in [1.29, 1.82) is 0 Å². The second-order valence-corrected chi connectivity index (χ2v) is 6.60. The smallest absolute Gasteiger partial charge is 0.321 e. The average molecular weight is 337 g/mol. The highest BCUT2D eigenvalue weighted by atomic mass is 32.1. The van der Waals surface area contributed by atoms with Gasteiger partial charge in [-0.3, -0.25) is 5.32 Å². The zero-order valence-electron chi connectivity index (χ0n) is 13.0. The van der Waals surface area contributed by atoms with E-state index >= 15 is 0 Å². The summed E-state index contributed by atoms with van der Waals surface area (Å²) in [6, 6.07) is 5.90. The van der Waals surface area contributed by atoms with E-state index in [1.165, 1.54) is 23.5 Å². The highest BCUT2D eigenvalue weighted by Crippen LogP contribution is 2.21. The van der Waals surface area contributed by atoms with Gasteiger partial charge < -0.3 is 10.4 Å². The van der Waals surface area contributed by atoms with Crippen LogP contribution in [-0.4, -0.2) is 28.8 Å². The van der Waals surface area contributed by atoms with Crippen LogP contribution in [0, 0.1) is 11.7 Å². The summed E-state index contributed by atoms with van der Waals surface area (Å²) in [6.07, 6.45) is 2.24. The minimum atomic E-state index is -0.357. The molecule has 0 aliphatic heterocycles. The van der Waals surface area contributed by atoms with Crippen molar-refractivity contribution in [2.24, 2.45) is 5.92 Å². The molecule has 0 saturated carbocycles. The SMILES string of the molecule is CC(CO)C(C)NC(=O)Nc1ncc(Cc2cccc(F)c2)s1. The van der Waals surface area contributed by atoms with E-state index < -0.39 is 0 Å². The number of thiazole rings is 1. The van der Waals surface area contributed by atoms with Gasteiger partial charge in [-0.1, -0.05) is 19.1 Å². The third-order valence-corrected chi connectivity index (χ3v) is 4.45. The Labute approximate surface area is 138 Å². The van der Waals surface area contributed by atoms with E-state index in [-0.39, 0.29) is 30.4 Å². The zero-order valence-corrected chi connectivity index (χ0v) is 13.9. The topological polar surface area (TPSA) is 74.2 Å². The lowest BCUT2D eigenvalue weighted by Gasteiger charge is -2.18. The van der Waals surface area contributed by atoms with E-state index in [0.29, 0.717) is 11.6 Å². The first kappa shape index (κ1) is 17.4. The van der Waals surface area contributed by atoms with Crippen molar-refractivity contribution in [3.63, 3.8) is 0 Å². The van der Waals surface area contributed by atoms with Gasteiger partial charge in [-0.25, -0.2) is 14.2 Å². The summed E-state index contributed by atoms with van der Waals surface area (Å²) >= 11 is 1.35. The van der Waals surface area contributed by atoms with Gasteiger partial charge in [0, 0.05) is 30.1 Å². The van der Waals surface area contributed by atoms with Gasteiger partial charge in [0.25, 0.3) is 0 Å². The van der Waals surface area contributed by atoms with Gasteiger partial charge >= 0.3 is 6.03 Å². The van der Waals surface area contributed by atoms with Gasteiger partial charge in [-0.15, -0.1) is 11.3 Å². The van der Waals surface area contributed by atoms with Crippen LogP contribution in [0.25, 0.3) is 0 Å². The van der Waals surface area contributed by atoms with Crippen LogP contribution in [0.1, 0.15) is 24.3 Å². The van der Waals surface area contributed by atoms with Crippen LogP contribution in [0.3, 0.4) is 0 Å². The summed E-state index contributed by atoms with van der Waals surface area (Å²) in [6.45, 7) is 3.69. The molecule has 23 heavy (non-hydrogen) atoms. The van der Waals surface area contributed by atoms with Gasteiger partial charge in [0.15, 0.2) is 5.13 Å². The monoisotopic (exact) mass is 337 g/mol. The maximum absolute atomic E-state index is 13.2. The molecule has 2 atom stereocenters. The first-order chi connectivity index (χ1) is 11.0. The van der Waals surface area contributed by atoms with E-state index in [1.54, 1.807) is 12.3 Å². The maximum Gasteiger partial charge on any atom is 0.321 e. The second kappa shape index (κ2) is 8.03. The number of halogens is 1. The van der Waals surface area contributed by atoms with Crippen molar-refractivity contribution in [2.45, 2.75) is 26.3 Å². The molecule has 1 aromatic heterocycles. The summed E-state index contributed by atoms with van der Waals surface area (Å²) in [5.41, 5.74) is 0.857. The molecule has 2 amide bonds. The number of aromatic nitrogens is 1. The van der Waals surface area contributed by atoms with Gasteiger partial charge in [0.2, 0.25) is 0 Å². The first-order valence-electron chi connectivity index (χ1n) is 7.35. The number of hydrogen-bond donors (Lipinski definition) is 3. The number of aliphatic hydroxyl groups excluding tert-OH is 1. The van der Waals surface area contributed by atoms with Gasteiger partial charge in [-0.2, -0.15) is 0 Å². The van der Waals surface area contributed by atoms with E-state index in [2.05, 4.69) is 15.6 Å². The molecule has 0 spiro atoms. The molecule has 0 aliphatic rings. The second-order valence-electron chi connectivity index (χ2n) is 5.49. The van der Waals surface area contributed by atoms with Crippen LogP contribution in [0.2, 0.25) is 0 Å². The van der Waals surface area contributed by atoms with Crippen molar-refractivity contribution in [3.05, 3.63) is 46.7 Å². The van der Waals surface area contributed by atoms with Crippen LogP contribution >= 0.6 is 11.3 Å². The molecule has 2 rings (SSSR count). The summed E-state index contributed by atoms with van der Waals surface area (Å²) in [7, 11) is 0. The summed E-state index contributed by atoms with van der Waals surface area (Å²) in [4.78, 5) is 17.0. The minimum Gasteiger partial charge on any atom is -0.396 e. The van der Waals surface area contributed by atoms with Gasteiger partial charge in [-0.05, 0) is 30.5 Å². The molecular weight excluding hydrogens is 317 g/mol. The molecule has 0 bridgehead atoms. The highest BCUT2D eigenvalue weighted by molar-refractivity contribution is 7.15. The number of carbonyl (C=O) groups is 1. The van der Waals surface area contributed by atoms with Crippen LogP contribution in [0.5, 0.6) is 0 Å². The highest BCUT2D eigenvalue weighted by Gasteiger charge is 2.14. The number of anilines is 1. The van der Waals surface area contributed by atoms with Crippen LogP contribution < -0.4 is 10.6 Å². The number of hydrogen-bond acceptors (Lipinski definition) is 4. The Morgan fingerprint density at radius 3 is 2.91 bits per heavy atom.